The summed E-state index contributed by atoms with van der Waals surface area (Å²) >= 11 is 0. The zero-order valence-electron chi connectivity index (χ0n) is 13.5. The van der Waals surface area contributed by atoms with E-state index in [9.17, 15) is 13.2 Å². The van der Waals surface area contributed by atoms with E-state index >= 15 is 0 Å². The normalized spacial score (nSPS) is 11.7. The van der Waals surface area contributed by atoms with Crippen molar-refractivity contribution in [2.45, 2.75) is 38.6 Å². The highest BCUT2D eigenvalue weighted by molar-refractivity contribution is 7.92. The maximum Gasteiger partial charge on any atom is 0.265 e. The number of aryl methyl sites for hydroxylation is 2. The highest BCUT2D eigenvalue weighted by Crippen LogP contribution is 2.22. The quantitative estimate of drug-likeness (QED) is 0.870. The highest BCUT2D eigenvalue weighted by atomic mass is 32.2. The van der Waals surface area contributed by atoms with Gasteiger partial charge in [-0.15, -0.1) is 0 Å². The first kappa shape index (κ1) is 17.0. The van der Waals surface area contributed by atoms with Crippen LogP contribution in [0.5, 0.6) is 0 Å². The number of hydrogen-bond donors (Lipinski definition) is 2. The monoisotopic (exact) mass is 336 g/mol. The number of rotatable bonds is 5. The lowest BCUT2D eigenvalue weighted by atomic mass is 10.1. The van der Waals surface area contributed by atoms with Crippen LogP contribution in [0.25, 0.3) is 0 Å². The summed E-state index contributed by atoms with van der Waals surface area (Å²) in [5.74, 6) is -0.613. The summed E-state index contributed by atoms with van der Waals surface area (Å²) in [4.78, 5) is 11.4. The first-order valence-corrected chi connectivity index (χ1v) is 8.58. The van der Waals surface area contributed by atoms with Gasteiger partial charge in [0.15, 0.2) is 0 Å². The fraction of sp³-hybridized carbons (Fsp3) is 0.333. The lowest BCUT2D eigenvalue weighted by Crippen LogP contribution is -2.15. The summed E-state index contributed by atoms with van der Waals surface area (Å²) in [5, 5.41) is 4.20. The SMILES string of the molecule is Cc1cc(NS(=O)(=O)c2cn(C(C)C)nc2C)cc(C(N)=O)c1. The summed E-state index contributed by atoms with van der Waals surface area (Å²) in [5.41, 5.74) is 6.93. The number of nitrogens with two attached hydrogens (primary N) is 1. The van der Waals surface area contributed by atoms with Gasteiger partial charge in [-0.25, -0.2) is 8.42 Å². The highest BCUT2D eigenvalue weighted by Gasteiger charge is 2.21. The van der Waals surface area contributed by atoms with Crippen molar-refractivity contribution in [3.8, 4) is 0 Å². The van der Waals surface area contributed by atoms with Crippen molar-refractivity contribution in [1.82, 2.24) is 9.78 Å². The molecule has 0 atom stereocenters. The minimum atomic E-state index is -3.80. The number of carbonyl (C=O) groups is 1. The third-order valence-electron chi connectivity index (χ3n) is 3.30. The Kier molecular flexibility index (Phi) is 4.46. The van der Waals surface area contributed by atoms with E-state index in [1.807, 2.05) is 13.8 Å². The molecule has 8 heteroatoms. The largest absolute Gasteiger partial charge is 0.366 e. The Morgan fingerprint density at radius 1 is 1.26 bits per heavy atom. The molecule has 0 unspecified atom stereocenters. The zero-order valence-corrected chi connectivity index (χ0v) is 14.3. The lowest BCUT2D eigenvalue weighted by molar-refractivity contribution is 0.1000. The molecule has 23 heavy (non-hydrogen) atoms. The summed E-state index contributed by atoms with van der Waals surface area (Å²) in [6.45, 7) is 7.22. The molecule has 1 aromatic carbocycles. The van der Waals surface area contributed by atoms with Crippen molar-refractivity contribution >= 4 is 21.6 Å². The molecule has 1 amide bonds. The summed E-state index contributed by atoms with van der Waals surface area (Å²) in [7, 11) is -3.80. The lowest BCUT2D eigenvalue weighted by Gasteiger charge is -2.09. The van der Waals surface area contributed by atoms with Gasteiger partial charge in [-0.3, -0.25) is 14.2 Å². The average Bonchev–Trinajstić information content (AvgIpc) is 2.80. The molecule has 0 aliphatic heterocycles. The van der Waals surface area contributed by atoms with E-state index in [1.165, 1.54) is 12.3 Å². The first-order valence-electron chi connectivity index (χ1n) is 7.10. The Labute approximate surface area is 135 Å². The molecule has 0 saturated carbocycles. The molecule has 0 spiro atoms. The van der Waals surface area contributed by atoms with Crippen LogP contribution < -0.4 is 10.5 Å². The van der Waals surface area contributed by atoms with Crippen molar-refractivity contribution in [1.29, 1.82) is 0 Å². The van der Waals surface area contributed by atoms with E-state index in [4.69, 9.17) is 5.73 Å². The Hall–Kier alpha value is -2.35. The smallest absolute Gasteiger partial charge is 0.265 e. The van der Waals surface area contributed by atoms with Gasteiger partial charge >= 0.3 is 0 Å². The van der Waals surface area contributed by atoms with E-state index < -0.39 is 15.9 Å². The minimum Gasteiger partial charge on any atom is -0.366 e. The molecule has 0 saturated heterocycles. The Balaban J connectivity index is 2.41. The Morgan fingerprint density at radius 2 is 1.91 bits per heavy atom. The molecule has 0 aliphatic rings. The van der Waals surface area contributed by atoms with Crippen molar-refractivity contribution in [2.75, 3.05) is 4.72 Å². The molecule has 0 fully saturated rings. The Bertz CT molecular complexity index is 854. The van der Waals surface area contributed by atoms with E-state index in [0.29, 0.717) is 5.69 Å². The summed E-state index contributed by atoms with van der Waals surface area (Å²) in [6, 6.07) is 4.70. The molecule has 0 bridgehead atoms. The fourth-order valence-electron chi connectivity index (χ4n) is 2.19. The van der Waals surface area contributed by atoms with Gasteiger partial charge in [0.05, 0.1) is 5.69 Å². The van der Waals surface area contributed by atoms with Gasteiger partial charge in [0.1, 0.15) is 4.90 Å². The first-order chi connectivity index (χ1) is 10.6. The van der Waals surface area contributed by atoms with Gasteiger partial charge in [-0.1, -0.05) is 0 Å². The van der Waals surface area contributed by atoms with Crippen LogP contribution in [0.2, 0.25) is 0 Å². The molecule has 0 aliphatic carbocycles. The number of hydrogen-bond acceptors (Lipinski definition) is 4. The van der Waals surface area contributed by atoms with Gasteiger partial charge in [0, 0.05) is 23.5 Å². The second-order valence-electron chi connectivity index (χ2n) is 5.71. The second-order valence-corrected chi connectivity index (χ2v) is 7.36. The van der Waals surface area contributed by atoms with E-state index in [-0.39, 0.29) is 22.2 Å². The third kappa shape index (κ3) is 3.70. The standard InChI is InChI=1S/C15H20N4O3S/c1-9(2)19-8-14(11(4)17-19)23(21,22)18-13-6-10(3)5-12(7-13)15(16)20/h5-9,18H,1-4H3,(H2,16,20). The van der Waals surface area contributed by atoms with E-state index in [1.54, 1.807) is 30.7 Å². The summed E-state index contributed by atoms with van der Waals surface area (Å²) in [6.07, 6.45) is 1.49. The molecule has 2 aromatic rings. The van der Waals surface area contributed by atoms with Crippen LogP contribution in [0.15, 0.2) is 29.3 Å². The molecular weight excluding hydrogens is 316 g/mol. The van der Waals surface area contributed by atoms with Crippen LogP contribution in [0.4, 0.5) is 5.69 Å². The fourth-order valence-corrected chi connectivity index (χ4v) is 3.40. The number of aromatic nitrogens is 2. The molecule has 7 nitrogen and oxygen atoms in total. The predicted molar refractivity (Wildman–Crippen MR) is 87.9 cm³/mol. The number of carbonyl (C=O) groups excluding carboxylic acids is 1. The number of anilines is 1. The Morgan fingerprint density at radius 3 is 2.43 bits per heavy atom. The van der Waals surface area contributed by atoms with Crippen LogP contribution >= 0.6 is 0 Å². The van der Waals surface area contributed by atoms with Gasteiger partial charge < -0.3 is 5.73 Å². The van der Waals surface area contributed by atoms with E-state index in [2.05, 4.69) is 9.82 Å². The van der Waals surface area contributed by atoms with Crippen molar-refractivity contribution in [2.24, 2.45) is 5.73 Å². The van der Waals surface area contributed by atoms with Crippen molar-refractivity contribution in [3.63, 3.8) is 0 Å². The number of sulfonamides is 1. The number of nitrogens with zero attached hydrogens (tertiary/aromatic N) is 2. The number of nitrogens with one attached hydrogen (secondary N) is 1. The number of benzene rings is 1. The van der Waals surface area contributed by atoms with Crippen LogP contribution in [0, 0.1) is 13.8 Å². The maximum atomic E-state index is 12.6. The van der Waals surface area contributed by atoms with Gasteiger partial charge in [-0.2, -0.15) is 5.10 Å². The zero-order chi connectivity index (χ0) is 17.4. The molecule has 3 N–H and O–H groups in total. The molecule has 0 radical (unpaired) electrons. The molecule has 2 rings (SSSR count). The van der Waals surface area contributed by atoms with Crippen LogP contribution in [0.1, 0.15) is 41.5 Å². The third-order valence-corrected chi connectivity index (χ3v) is 4.79. The molecule has 124 valence electrons. The van der Waals surface area contributed by atoms with Crippen LogP contribution in [0.3, 0.4) is 0 Å². The van der Waals surface area contributed by atoms with Gasteiger partial charge in [0.25, 0.3) is 10.0 Å². The summed E-state index contributed by atoms with van der Waals surface area (Å²) < 4.78 is 29.2. The molecule has 1 heterocycles. The van der Waals surface area contributed by atoms with Crippen molar-refractivity contribution in [3.05, 3.63) is 41.2 Å². The maximum absolute atomic E-state index is 12.6. The molecule has 1 aromatic heterocycles. The number of amides is 1. The van der Waals surface area contributed by atoms with E-state index in [0.717, 1.165) is 5.56 Å². The van der Waals surface area contributed by atoms with Gasteiger partial charge in [0.2, 0.25) is 5.91 Å². The predicted octanol–water partition coefficient (Wildman–Crippen LogP) is 1.98. The van der Waals surface area contributed by atoms with Crippen molar-refractivity contribution < 1.29 is 13.2 Å². The molecular formula is C15H20N4O3S. The average molecular weight is 336 g/mol. The second kappa shape index (κ2) is 6.04. The van der Waals surface area contributed by atoms with Gasteiger partial charge in [-0.05, 0) is 51.5 Å². The number of primary amides is 1. The topological polar surface area (TPSA) is 107 Å². The van der Waals surface area contributed by atoms with Crippen LogP contribution in [-0.4, -0.2) is 24.1 Å². The minimum absolute atomic E-state index is 0.0538. The van der Waals surface area contributed by atoms with Crippen LogP contribution in [-0.2, 0) is 10.0 Å².